The molecule has 0 spiro atoms. The van der Waals surface area contributed by atoms with Crippen LogP contribution in [0.25, 0.3) is 16.8 Å². The number of rotatable bonds is 5. The van der Waals surface area contributed by atoms with E-state index < -0.39 is 23.9 Å². The second kappa shape index (κ2) is 8.16. The van der Waals surface area contributed by atoms with Crippen molar-refractivity contribution in [2.24, 2.45) is 7.05 Å². The minimum absolute atomic E-state index is 0.00882. The van der Waals surface area contributed by atoms with Gasteiger partial charge in [-0.25, -0.2) is 14.2 Å². The van der Waals surface area contributed by atoms with Crippen LogP contribution in [0, 0.1) is 33.5 Å². The average Bonchev–Trinajstić information content (AvgIpc) is 3.26. The standard InChI is InChI=1S/C24H22FN3O5/c1-12-6-7-16(9-18(12)25)28-13(2)8-17(14(28)3)19(29)10-32-24(31)20-15(4)33-22-21(20)23(30)27(5)11-26-22/h6-9,11H,10H2,1-5H3. The lowest BCUT2D eigenvalue weighted by atomic mass is 10.1. The molecule has 0 aliphatic heterocycles. The number of ketones is 1. The normalized spacial score (nSPS) is 11.2. The van der Waals surface area contributed by atoms with E-state index in [0.717, 1.165) is 5.69 Å². The van der Waals surface area contributed by atoms with Gasteiger partial charge in [-0.2, -0.15) is 0 Å². The number of aromatic nitrogens is 3. The monoisotopic (exact) mass is 451 g/mol. The van der Waals surface area contributed by atoms with Crippen LogP contribution in [-0.2, 0) is 11.8 Å². The van der Waals surface area contributed by atoms with Crippen LogP contribution in [0.3, 0.4) is 0 Å². The summed E-state index contributed by atoms with van der Waals surface area (Å²) in [5.74, 6) is -1.44. The number of furan rings is 1. The average molecular weight is 451 g/mol. The molecule has 0 atom stereocenters. The smallest absolute Gasteiger partial charge is 0.343 e. The zero-order valence-electron chi connectivity index (χ0n) is 18.9. The molecule has 3 heterocycles. The van der Waals surface area contributed by atoms with Gasteiger partial charge in [0, 0.05) is 29.7 Å². The molecular formula is C24H22FN3O5. The molecule has 4 aromatic rings. The number of benzene rings is 1. The summed E-state index contributed by atoms with van der Waals surface area (Å²) in [5, 5.41) is 0.00882. The number of esters is 1. The number of halogens is 1. The lowest BCUT2D eigenvalue weighted by molar-refractivity contribution is 0.0474. The Labute approximate surface area is 188 Å². The Morgan fingerprint density at radius 3 is 2.58 bits per heavy atom. The Bertz CT molecular complexity index is 1490. The molecule has 0 aliphatic carbocycles. The fourth-order valence-corrected chi connectivity index (χ4v) is 3.88. The third-order valence-corrected chi connectivity index (χ3v) is 5.63. The highest BCUT2D eigenvalue weighted by atomic mass is 19.1. The van der Waals surface area contributed by atoms with Crippen LogP contribution in [-0.4, -0.2) is 32.5 Å². The maximum Gasteiger partial charge on any atom is 0.343 e. The van der Waals surface area contributed by atoms with E-state index in [1.807, 2.05) is 0 Å². The fraction of sp³-hybridized carbons (Fsp3) is 0.250. The number of Topliss-reactive ketones (excluding diaryl/α,β-unsaturated/α-hetero) is 1. The van der Waals surface area contributed by atoms with Gasteiger partial charge in [0.1, 0.15) is 28.9 Å². The summed E-state index contributed by atoms with van der Waals surface area (Å²) in [4.78, 5) is 42.0. The maximum absolute atomic E-state index is 14.1. The largest absolute Gasteiger partial charge is 0.454 e. The van der Waals surface area contributed by atoms with Crippen molar-refractivity contribution >= 4 is 22.9 Å². The Morgan fingerprint density at radius 2 is 1.88 bits per heavy atom. The van der Waals surface area contributed by atoms with E-state index in [1.54, 1.807) is 43.5 Å². The van der Waals surface area contributed by atoms with Gasteiger partial charge in [0.25, 0.3) is 5.56 Å². The topological polar surface area (TPSA) is 96.3 Å². The SMILES string of the molecule is Cc1ccc(-n2c(C)cc(C(=O)COC(=O)c3c(C)oc4ncn(C)c(=O)c34)c2C)cc1F. The van der Waals surface area contributed by atoms with Crippen molar-refractivity contribution in [3.63, 3.8) is 0 Å². The van der Waals surface area contributed by atoms with E-state index in [1.165, 1.54) is 30.9 Å². The lowest BCUT2D eigenvalue weighted by Crippen LogP contribution is -2.20. The van der Waals surface area contributed by atoms with Crippen LogP contribution in [0.4, 0.5) is 4.39 Å². The number of hydrogen-bond acceptors (Lipinski definition) is 6. The highest BCUT2D eigenvalue weighted by Crippen LogP contribution is 2.24. The zero-order chi connectivity index (χ0) is 24.0. The van der Waals surface area contributed by atoms with Crippen molar-refractivity contribution in [1.82, 2.24) is 14.1 Å². The quantitative estimate of drug-likeness (QED) is 0.339. The molecule has 1 aromatic carbocycles. The summed E-state index contributed by atoms with van der Waals surface area (Å²) in [6.45, 7) is 6.21. The Kier molecular flexibility index (Phi) is 5.49. The number of ether oxygens (including phenoxy) is 1. The minimum Gasteiger partial charge on any atom is -0.454 e. The molecule has 33 heavy (non-hydrogen) atoms. The summed E-state index contributed by atoms with van der Waals surface area (Å²) in [6.07, 6.45) is 1.29. The molecule has 0 saturated carbocycles. The van der Waals surface area contributed by atoms with Gasteiger partial charge in [-0.05, 0) is 51.5 Å². The van der Waals surface area contributed by atoms with Gasteiger partial charge in [-0.3, -0.25) is 9.59 Å². The molecular weight excluding hydrogens is 429 g/mol. The van der Waals surface area contributed by atoms with Crippen LogP contribution >= 0.6 is 0 Å². The number of carbonyl (C=O) groups is 2. The first-order valence-corrected chi connectivity index (χ1v) is 10.2. The van der Waals surface area contributed by atoms with E-state index in [-0.39, 0.29) is 28.2 Å². The molecule has 8 nitrogen and oxygen atoms in total. The van der Waals surface area contributed by atoms with E-state index >= 15 is 0 Å². The first-order chi connectivity index (χ1) is 15.6. The maximum atomic E-state index is 14.1. The van der Waals surface area contributed by atoms with Crippen molar-refractivity contribution in [1.29, 1.82) is 0 Å². The van der Waals surface area contributed by atoms with Crippen molar-refractivity contribution in [3.05, 3.63) is 80.6 Å². The van der Waals surface area contributed by atoms with Gasteiger partial charge in [0.05, 0.1) is 0 Å². The van der Waals surface area contributed by atoms with Crippen molar-refractivity contribution in [3.8, 4) is 5.69 Å². The molecule has 0 bridgehead atoms. The number of hydrogen-bond donors (Lipinski definition) is 0. The van der Waals surface area contributed by atoms with E-state index in [4.69, 9.17) is 9.15 Å². The number of fused-ring (bicyclic) bond motifs is 1. The summed E-state index contributed by atoms with van der Waals surface area (Å²) in [7, 11) is 1.51. The fourth-order valence-electron chi connectivity index (χ4n) is 3.88. The molecule has 4 rings (SSSR count). The predicted molar refractivity (Wildman–Crippen MR) is 119 cm³/mol. The van der Waals surface area contributed by atoms with Gasteiger partial charge >= 0.3 is 5.97 Å². The molecule has 0 aliphatic rings. The summed E-state index contributed by atoms with van der Waals surface area (Å²) < 4.78 is 27.7. The Balaban J connectivity index is 1.59. The van der Waals surface area contributed by atoms with Crippen LogP contribution in [0.15, 0.2) is 39.8 Å². The lowest BCUT2D eigenvalue weighted by Gasteiger charge is -2.11. The van der Waals surface area contributed by atoms with Crippen molar-refractivity contribution in [2.45, 2.75) is 27.7 Å². The number of aryl methyl sites for hydroxylation is 4. The molecule has 0 amide bonds. The third kappa shape index (κ3) is 3.75. The van der Waals surface area contributed by atoms with Crippen LogP contribution in [0.1, 0.15) is 43.4 Å². The van der Waals surface area contributed by atoms with Crippen LogP contribution in [0.2, 0.25) is 0 Å². The predicted octanol–water partition coefficient (Wildman–Crippen LogP) is 3.73. The van der Waals surface area contributed by atoms with Gasteiger partial charge in [-0.1, -0.05) is 6.07 Å². The van der Waals surface area contributed by atoms with Gasteiger partial charge < -0.3 is 18.3 Å². The van der Waals surface area contributed by atoms with Gasteiger partial charge in [0.2, 0.25) is 11.5 Å². The highest BCUT2D eigenvalue weighted by molar-refractivity contribution is 6.05. The number of carbonyl (C=O) groups excluding carboxylic acids is 2. The highest BCUT2D eigenvalue weighted by Gasteiger charge is 2.25. The number of nitrogens with zero attached hydrogens (tertiary/aromatic N) is 3. The molecule has 3 aromatic heterocycles. The summed E-state index contributed by atoms with van der Waals surface area (Å²) in [5.41, 5.74) is 2.33. The second-order valence-corrected chi connectivity index (χ2v) is 7.93. The van der Waals surface area contributed by atoms with Crippen molar-refractivity contribution in [2.75, 3.05) is 6.61 Å². The molecule has 170 valence electrons. The Morgan fingerprint density at radius 1 is 1.15 bits per heavy atom. The minimum atomic E-state index is -0.848. The van der Waals surface area contributed by atoms with Gasteiger partial charge in [-0.15, -0.1) is 0 Å². The van der Waals surface area contributed by atoms with Crippen LogP contribution < -0.4 is 5.56 Å². The third-order valence-electron chi connectivity index (χ3n) is 5.63. The second-order valence-electron chi connectivity index (χ2n) is 7.93. The molecule has 0 N–H and O–H groups in total. The molecule has 9 heteroatoms. The molecule has 0 fully saturated rings. The van der Waals surface area contributed by atoms with E-state index in [9.17, 15) is 18.8 Å². The van der Waals surface area contributed by atoms with E-state index in [2.05, 4.69) is 4.98 Å². The Hall–Kier alpha value is -4.01. The van der Waals surface area contributed by atoms with Crippen molar-refractivity contribution < 1.29 is 23.1 Å². The first kappa shape index (κ1) is 22.2. The summed E-state index contributed by atoms with van der Waals surface area (Å²) in [6, 6.07) is 6.52. The zero-order valence-corrected chi connectivity index (χ0v) is 18.9. The summed E-state index contributed by atoms with van der Waals surface area (Å²) >= 11 is 0. The van der Waals surface area contributed by atoms with Gasteiger partial charge in [0.15, 0.2) is 6.61 Å². The first-order valence-electron chi connectivity index (χ1n) is 10.2. The van der Waals surface area contributed by atoms with E-state index in [0.29, 0.717) is 22.5 Å². The molecule has 0 saturated heterocycles. The van der Waals surface area contributed by atoms with Crippen LogP contribution in [0.5, 0.6) is 0 Å². The molecule has 0 radical (unpaired) electrons. The molecule has 0 unspecified atom stereocenters.